The average molecular weight is 270 g/mol. The number of benzene rings is 1. The first-order valence-corrected chi connectivity index (χ1v) is 6.54. The molecule has 0 bridgehead atoms. The molecule has 0 aliphatic rings. The van der Waals surface area contributed by atoms with Crippen LogP contribution in [-0.4, -0.2) is 10.9 Å². The Bertz CT molecular complexity index is 669. The van der Waals surface area contributed by atoms with Gasteiger partial charge in [0.25, 0.3) is 5.91 Å². The van der Waals surface area contributed by atoms with Gasteiger partial charge in [-0.1, -0.05) is 23.8 Å². The molecule has 2 aromatic rings. The second-order valence-electron chi connectivity index (χ2n) is 5.00. The van der Waals surface area contributed by atoms with Gasteiger partial charge in [0.05, 0.1) is 11.6 Å². The van der Waals surface area contributed by atoms with Crippen molar-refractivity contribution >= 4 is 5.91 Å². The Labute approximate surface area is 117 Å². The first-order valence-electron chi connectivity index (χ1n) is 6.54. The molecule has 0 unspecified atom stereocenters. The first kappa shape index (κ1) is 14.1. The summed E-state index contributed by atoms with van der Waals surface area (Å²) in [7, 11) is 0. The number of hydrogen-bond acceptors (Lipinski definition) is 2. The van der Waals surface area contributed by atoms with Gasteiger partial charge < -0.3 is 10.3 Å². The van der Waals surface area contributed by atoms with Crippen LogP contribution in [0.2, 0.25) is 0 Å². The lowest BCUT2D eigenvalue weighted by Crippen LogP contribution is -2.27. The lowest BCUT2D eigenvalue weighted by Gasteiger charge is -2.17. The summed E-state index contributed by atoms with van der Waals surface area (Å²) < 4.78 is 0. The van der Waals surface area contributed by atoms with E-state index in [1.165, 1.54) is 18.3 Å². The Morgan fingerprint density at radius 3 is 2.60 bits per heavy atom. The van der Waals surface area contributed by atoms with E-state index < -0.39 is 0 Å². The number of pyridine rings is 1. The maximum absolute atomic E-state index is 12.1. The summed E-state index contributed by atoms with van der Waals surface area (Å²) in [5.74, 6) is -0.199. The second-order valence-corrected chi connectivity index (χ2v) is 5.00. The molecule has 0 aliphatic carbocycles. The maximum atomic E-state index is 12.1. The highest BCUT2D eigenvalue weighted by Gasteiger charge is 2.13. The van der Waals surface area contributed by atoms with E-state index in [0.29, 0.717) is 5.56 Å². The van der Waals surface area contributed by atoms with Gasteiger partial charge in [-0.05, 0) is 38.0 Å². The van der Waals surface area contributed by atoms with Crippen LogP contribution in [0.1, 0.15) is 40.0 Å². The Kier molecular flexibility index (Phi) is 4.03. The van der Waals surface area contributed by atoms with Gasteiger partial charge in [0.15, 0.2) is 0 Å². The zero-order valence-electron chi connectivity index (χ0n) is 11.9. The fraction of sp³-hybridized carbons (Fsp3) is 0.250. The number of rotatable bonds is 3. The van der Waals surface area contributed by atoms with Crippen molar-refractivity contribution in [3.05, 3.63) is 69.1 Å². The van der Waals surface area contributed by atoms with Crippen LogP contribution in [0.15, 0.2) is 41.3 Å². The molecule has 1 aromatic heterocycles. The number of aromatic amines is 1. The molecule has 2 N–H and O–H groups in total. The normalized spacial score (nSPS) is 11.9. The number of aromatic nitrogens is 1. The monoisotopic (exact) mass is 270 g/mol. The molecule has 20 heavy (non-hydrogen) atoms. The molecule has 1 aromatic carbocycles. The standard InChI is InChI=1S/C16H18N2O2/c1-10-4-5-11(2)14(8-10)12(3)18-16(20)13-6-7-15(19)17-9-13/h4-9,12H,1-3H3,(H,17,19)(H,18,20)/t12-/m1/s1. The molecular weight excluding hydrogens is 252 g/mol. The summed E-state index contributed by atoms with van der Waals surface area (Å²) in [6.07, 6.45) is 1.42. The maximum Gasteiger partial charge on any atom is 0.253 e. The Morgan fingerprint density at radius 1 is 1.20 bits per heavy atom. The van der Waals surface area contributed by atoms with Crippen molar-refractivity contribution < 1.29 is 4.79 Å². The van der Waals surface area contributed by atoms with Crippen LogP contribution >= 0.6 is 0 Å². The van der Waals surface area contributed by atoms with Crippen molar-refractivity contribution in [3.8, 4) is 0 Å². The smallest absolute Gasteiger partial charge is 0.253 e. The molecule has 0 saturated heterocycles. The Balaban J connectivity index is 2.16. The molecule has 2 rings (SSSR count). The zero-order valence-corrected chi connectivity index (χ0v) is 11.9. The van der Waals surface area contributed by atoms with Crippen molar-refractivity contribution in [2.24, 2.45) is 0 Å². The third kappa shape index (κ3) is 3.15. The van der Waals surface area contributed by atoms with Crippen LogP contribution in [0.3, 0.4) is 0 Å². The molecule has 104 valence electrons. The highest BCUT2D eigenvalue weighted by Crippen LogP contribution is 2.19. The predicted molar refractivity (Wildman–Crippen MR) is 78.9 cm³/mol. The number of carbonyl (C=O) groups is 1. The number of amides is 1. The summed E-state index contributed by atoms with van der Waals surface area (Å²) in [6, 6.07) is 8.95. The lowest BCUT2D eigenvalue weighted by molar-refractivity contribution is 0.0939. The lowest BCUT2D eigenvalue weighted by atomic mass is 10.00. The van der Waals surface area contributed by atoms with Crippen molar-refractivity contribution in [1.82, 2.24) is 10.3 Å². The van der Waals surface area contributed by atoms with E-state index >= 15 is 0 Å². The van der Waals surface area contributed by atoms with E-state index in [9.17, 15) is 9.59 Å². The van der Waals surface area contributed by atoms with E-state index in [-0.39, 0.29) is 17.5 Å². The summed E-state index contributed by atoms with van der Waals surface area (Å²) in [6.45, 7) is 6.00. The fourth-order valence-electron chi connectivity index (χ4n) is 2.14. The molecule has 0 radical (unpaired) electrons. The van der Waals surface area contributed by atoms with Gasteiger partial charge in [0, 0.05) is 12.3 Å². The summed E-state index contributed by atoms with van der Waals surface area (Å²) in [5, 5.41) is 2.94. The summed E-state index contributed by atoms with van der Waals surface area (Å²) >= 11 is 0. The third-order valence-electron chi connectivity index (χ3n) is 3.30. The van der Waals surface area contributed by atoms with Crippen LogP contribution in [0, 0.1) is 13.8 Å². The van der Waals surface area contributed by atoms with Gasteiger partial charge in [-0.25, -0.2) is 0 Å². The van der Waals surface area contributed by atoms with Crippen LogP contribution in [0.25, 0.3) is 0 Å². The molecule has 0 fully saturated rings. The number of H-pyrrole nitrogens is 1. The largest absolute Gasteiger partial charge is 0.345 e. The van der Waals surface area contributed by atoms with Gasteiger partial charge in [0.1, 0.15) is 0 Å². The minimum atomic E-state index is -0.218. The number of hydrogen-bond donors (Lipinski definition) is 2. The molecule has 0 aliphatic heterocycles. The Hall–Kier alpha value is -2.36. The quantitative estimate of drug-likeness (QED) is 0.900. The highest BCUT2D eigenvalue weighted by atomic mass is 16.2. The van der Waals surface area contributed by atoms with Crippen LogP contribution in [0.4, 0.5) is 0 Å². The van der Waals surface area contributed by atoms with Gasteiger partial charge in [0.2, 0.25) is 5.56 Å². The van der Waals surface area contributed by atoms with Gasteiger partial charge in [-0.2, -0.15) is 0 Å². The number of aryl methyl sites for hydroxylation is 2. The number of carbonyl (C=O) groups excluding carboxylic acids is 1. The topological polar surface area (TPSA) is 62.0 Å². The SMILES string of the molecule is Cc1ccc(C)c([C@@H](C)NC(=O)c2ccc(=O)[nH]c2)c1. The highest BCUT2D eigenvalue weighted by molar-refractivity contribution is 5.94. The Morgan fingerprint density at radius 2 is 1.95 bits per heavy atom. The van der Waals surface area contributed by atoms with E-state index in [1.54, 1.807) is 0 Å². The minimum absolute atomic E-state index is 0.0886. The van der Waals surface area contributed by atoms with Crippen molar-refractivity contribution in [2.75, 3.05) is 0 Å². The minimum Gasteiger partial charge on any atom is -0.345 e. The molecule has 1 heterocycles. The van der Waals surface area contributed by atoms with Crippen LogP contribution < -0.4 is 10.9 Å². The second kappa shape index (κ2) is 5.74. The fourth-order valence-corrected chi connectivity index (χ4v) is 2.14. The first-order chi connectivity index (χ1) is 9.47. The molecule has 0 saturated carbocycles. The van der Waals surface area contributed by atoms with E-state index in [4.69, 9.17) is 0 Å². The number of nitrogens with one attached hydrogen (secondary N) is 2. The van der Waals surface area contributed by atoms with E-state index in [0.717, 1.165) is 16.7 Å². The predicted octanol–water partition coefficient (Wildman–Crippen LogP) is 2.48. The van der Waals surface area contributed by atoms with Gasteiger partial charge >= 0.3 is 0 Å². The van der Waals surface area contributed by atoms with Crippen LogP contribution in [-0.2, 0) is 0 Å². The molecule has 0 spiro atoms. The van der Waals surface area contributed by atoms with E-state index in [1.807, 2.05) is 26.8 Å². The molecule has 4 heteroatoms. The average Bonchev–Trinajstić information content (AvgIpc) is 2.42. The van der Waals surface area contributed by atoms with Crippen LogP contribution in [0.5, 0.6) is 0 Å². The van der Waals surface area contributed by atoms with Gasteiger partial charge in [-0.15, -0.1) is 0 Å². The van der Waals surface area contributed by atoms with E-state index in [2.05, 4.69) is 22.4 Å². The molecule has 4 nitrogen and oxygen atoms in total. The van der Waals surface area contributed by atoms with Crippen molar-refractivity contribution in [2.45, 2.75) is 26.8 Å². The molecule has 1 atom stereocenters. The molecule has 1 amide bonds. The summed E-state index contributed by atoms with van der Waals surface area (Å²) in [4.78, 5) is 25.6. The van der Waals surface area contributed by atoms with Crippen molar-refractivity contribution in [1.29, 1.82) is 0 Å². The van der Waals surface area contributed by atoms with Gasteiger partial charge in [-0.3, -0.25) is 9.59 Å². The third-order valence-corrected chi connectivity index (χ3v) is 3.30. The zero-order chi connectivity index (χ0) is 14.7. The van der Waals surface area contributed by atoms with Crippen molar-refractivity contribution in [3.63, 3.8) is 0 Å². The summed E-state index contributed by atoms with van der Waals surface area (Å²) in [5.41, 5.74) is 3.63. The molecular formula is C16H18N2O2.